The smallest absolute Gasteiger partial charge is 0.388 e. The summed E-state index contributed by atoms with van der Waals surface area (Å²) >= 11 is 0. The van der Waals surface area contributed by atoms with Gasteiger partial charge < -0.3 is 10.4 Å². The van der Waals surface area contributed by atoms with E-state index in [4.69, 9.17) is 0 Å². The van der Waals surface area contributed by atoms with Crippen molar-refractivity contribution in [2.24, 2.45) is 7.05 Å². The number of halogens is 3. The van der Waals surface area contributed by atoms with Gasteiger partial charge in [0, 0.05) is 19.0 Å². The molecule has 0 bridgehead atoms. The van der Waals surface area contributed by atoms with E-state index in [2.05, 4.69) is 10.4 Å². The maximum absolute atomic E-state index is 12.6. The van der Waals surface area contributed by atoms with Crippen LogP contribution in [0.3, 0.4) is 0 Å². The second kappa shape index (κ2) is 5.38. The number of benzene rings is 1. The van der Waals surface area contributed by atoms with E-state index in [1.165, 1.54) is 16.8 Å². The molecule has 1 aromatic heterocycles. The molecule has 0 spiro atoms. The molecular formula is C15H14F3N3O2. The van der Waals surface area contributed by atoms with Gasteiger partial charge >= 0.3 is 6.18 Å². The Morgan fingerprint density at radius 2 is 2.00 bits per heavy atom. The zero-order chi connectivity index (χ0) is 16.8. The van der Waals surface area contributed by atoms with Crippen molar-refractivity contribution in [3.8, 4) is 0 Å². The van der Waals surface area contributed by atoms with E-state index in [0.29, 0.717) is 29.1 Å². The highest BCUT2D eigenvalue weighted by molar-refractivity contribution is 5.93. The van der Waals surface area contributed by atoms with Gasteiger partial charge in [-0.05, 0) is 17.7 Å². The van der Waals surface area contributed by atoms with Gasteiger partial charge in [0.05, 0.1) is 23.8 Å². The average molecular weight is 325 g/mol. The van der Waals surface area contributed by atoms with Crippen LogP contribution in [0.5, 0.6) is 0 Å². The van der Waals surface area contributed by atoms with Crippen molar-refractivity contribution in [2.75, 3.05) is 5.32 Å². The van der Waals surface area contributed by atoms with E-state index in [1.807, 2.05) is 0 Å². The Morgan fingerprint density at radius 1 is 1.35 bits per heavy atom. The number of rotatable bonds is 2. The quantitative estimate of drug-likeness (QED) is 0.891. The van der Waals surface area contributed by atoms with Gasteiger partial charge in [-0.25, -0.2) is 0 Å². The third kappa shape index (κ3) is 2.94. The number of alkyl halides is 3. The molecule has 1 aromatic carbocycles. The van der Waals surface area contributed by atoms with Gasteiger partial charge in [0.15, 0.2) is 5.82 Å². The summed E-state index contributed by atoms with van der Waals surface area (Å²) in [5.74, 6) is -0.0117. The van der Waals surface area contributed by atoms with Crippen LogP contribution in [0.2, 0.25) is 0 Å². The SMILES string of the molecule is Cn1nc2c(c1Cc1ccc(C(F)(F)F)cc1)C(O)CC(=O)N2. The normalized spacial score (nSPS) is 17.8. The molecule has 1 aliphatic heterocycles. The molecule has 2 heterocycles. The number of aliphatic hydroxyl groups is 1. The fourth-order valence-corrected chi connectivity index (χ4v) is 2.69. The predicted molar refractivity (Wildman–Crippen MR) is 75.7 cm³/mol. The first-order chi connectivity index (χ1) is 10.8. The minimum absolute atomic E-state index is 0.0568. The van der Waals surface area contributed by atoms with Gasteiger partial charge in [-0.3, -0.25) is 9.48 Å². The van der Waals surface area contributed by atoms with Gasteiger partial charge in [-0.2, -0.15) is 18.3 Å². The number of carbonyl (C=O) groups is 1. The van der Waals surface area contributed by atoms with Crippen LogP contribution < -0.4 is 5.32 Å². The molecule has 2 aromatic rings. The molecule has 0 saturated carbocycles. The van der Waals surface area contributed by atoms with Crippen LogP contribution in [0.25, 0.3) is 0 Å². The Balaban J connectivity index is 1.91. The Kier molecular flexibility index (Phi) is 3.63. The monoisotopic (exact) mass is 325 g/mol. The molecule has 0 saturated heterocycles. The van der Waals surface area contributed by atoms with Crippen molar-refractivity contribution in [1.29, 1.82) is 0 Å². The minimum Gasteiger partial charge on any atom is -0.388 e. The number of hydrogen-bond donors (Lipinski definition) is 2. The van der Waals surface area contributed by atoms with Crippen molar-refractivity contribution in [1.82, 2.24) is 9.78 Å². The van der Waals surface area contributed by atoms with Crippen LogP contribution in [0.4, 0.5) is 19.0 Å². The van der Waals surface area contributed by atoms with E-state index in [-0.39, 0.29) is 12.3 Å². The number of aryl methyl sites for hydroxylation is 1. The lowest BCUT2D eigenvalue weighted by atomic mass is 9.98. The molecule has 1 unspecified atom stereocenters. The van der Waals surface area contributed by atoms with Crippen LogP contribution in [-0.2, 0) is 24.4 Å². The first kappa shape index (κ1) is 15.5. The van der Waals surface area contributed by atoms with E-state index < -0.39 is 17.8 Å². The highest BCUT2D eigenvalue weighted by Crippen LogP contribution is 2.34. The van der Waals surface area contributed by atoms with Gasteiger partial charge in [0.2, 0.25) is 5.91 Å². The lowest BCUT2D eigenvalue weighted by Crippen LogP contribution is -2.22. The minimum atomic E-state index is -4.37. The average Bonchev–Trinajstić information content (AvgIpc) is 2.74. The molecule has 0 radical (unpaired) electrons. The number of aromatic nitrogens is 2. The topological polar surface area (TPSA) is 67.1 Å². The fraction of sp³-hybridized carbons (Fsp3) is 0.333. The second-order valence-electron chi connectivity index (χ2n) is 5.47. The third-order valence-corrected chi connectivity index (χ3v) is 3.83. The highest BCUT2D eigenvalue weighted by atomic mass is 19.4. The number of amides is 1. The van der Waals surface area contributed by atoms with Crippen molar-refractivity contribution in [3.05, 3.63) is 46.6 Å². The molecule has 1 atom stereocenters. The summed E-state index contributed by atoms with van der Waals surface area (Å²) in [6.45, 7) is 0. The third-order valence-electron chi connectivity index (χ3n) is 3.83. The number of nitrogens with zero attached hydrogens (tertiary/aromatic N) is 2. The predicted octanol–water partition coefficient (Wildman–Crippen LogP) is 2.41. The molecule has 1 aliphatic rings. The van der Waals surface area contributed by atoms with Gasteiger partial charge in [-0.15, -0.1) is 0 Å². The van der Waals surface area contributed by atoms with Crippen LogP contribution in [0, 0.1) is 0 Å². The maximum atomic E-state index is 12.6. The highest BCUT2D eigenvalue weighted by Gasteiger charge is 2.31. The fourth-order valence-electron chi connectivity index (χ4n) is 2.69. The van der Waals surface area contributed by atoms with Crippen molar-refractivity contribution in [3.63, 3.8) is 0 Å². The summed E-state index contributed by atoms with van der Waals surface area (Å²) in [6, 6.07) is 4.85. The number of aliphatic hydroxyl groups excluding tert-OH is 1. The van der Waals surface area contributed by atoms with Crippen molar-refractivity contribution < 1.29 is 23.1 Å². The molecule has 0 fully saturated rings. The number of anilines is 1. The maximum Gasteiger partial charge on any atom is 0.416 e. The number of hydrogen-bond acceptors (Lipinski definition) is 3. The van der Waals surface area contributed by atoms with Crippen molar-refractivity contribution >= 4 is 11.7 Å². The lowest BCUT2D eigenvalue weighted by molar-refractivity contribution is -0.137. The van der Waals surface area contributed by atoms with Crippen LogP contribution >= 0.6 is 0 Å². The molecule has 2 N–H and O–H groups in total. The summed E-state index contributed by atoms with van der Waals surface area (Å²) in [5, 5.41) is 16.8. The Labute approximate surface area is 129 Å². The summed E-state index contributed by atoms with van der Waals surface area (Å²) in [6.07, 6.45) is -5.08. The van der Waals surface area contributed by atoms with E-state index in [1.54, 1.807) is 7.05 Å². The van der Waals surface area contributed by atoms with Crippen LogP contribution in [0.1, 0.15) is 34.9 Å². The van der Waals surface area contributed by atoms with E-state index in [0.717, 1.165) is 12.1 Å². The molecule has 5 nitrogen and oxygen atoms in total. The number of carbonyl (C=O) groups excluding carboxylic acids is 1. The van der Waals surface area contributed by atoms with E-state index >= 15 is 0 Å². The summed E-state index contributed by atoms with van der Waals surface area (Å²) in [5.41, 5.74) is 1.13. The first-order valence-corrected chi connectivity index (χ1v) is 6.95. The molecule has 0 aliphatic carbocycles. The zero-order valence-electron chi connectivity index (χ0n) is 12.2. The summed E-state index contributed by atoms with van der Waals surface area (Å²) in [7, 11) is 1.66. The largest absolute Gasteiger partial charge is 0.416 e. The standard InChI is InChI=1S/C15H14F3N3O2/c1-21-10(13-11(22)7-12(23)19-14(13)20-21)6-8-2-4-9(5-3-8)15(16,17)18/h2-5,11,22H,6-7H2,1H3,(H,19,20,23). The summed E-state index contributed by atoms with van der Waals surface area (Å²) in [4.78, 5) is 11.4. The Hall–Kier alpha value is -2.35. The van der Waals surface area contributed by atoms with Gasteiger partial charge in [-0.1, -0.05) is 12.1 Å². The van der Waals surface area contributed by atoms with Gasteiger partial charge in [0.1, 0.15) is 0 Å². The Bertz CT molecular complexity index is 751. The van der Waals surface area contributed by atoms with E-state index in [9.17, 15) is 23.1 Å². The number of nitrogens with one attached hydrogen (secondary N) is 1. The molecule has 23 heavy (non-hydrogen) atoms. The second-order valence-corrected chi connectivity index (χ2v) is 5.47. The summed E-state index contributed by atoms with van der Waals surface area (Å²) < 4.78 is 39.3. The molecule has 1 amide bonds. The molecule has 3 rings (SSSR count). The van der Waals surface area contributed by atoms with Crippen LogP contribution in [0.15, 0.2) is 24.3 Å². The first-order valence-electron chi connectivity index (χ1n) is 6.95. The number of fused-ring (bicyclic) bond motifs is 1. The zero-order valence-corrected chi connectivity index (χ0v) is 12.2. The molecule has 122 valence electrons. The molecule has 8 heteroatoms. The Morgan fingerprint density at radius 3 is 2.61 bits per heavy atom. The van der Waals surface area contributed by atoms with Gasteiger partial charge in [0.25, 0.3) is 0 Å². The van der Waals surface area contributed by atoms with Crippen molar-refractivity contribution in [2.45, 2.75) is 25.1 Å². The lowest BCUT2D eigenvalue weighted by Gasteiger charge is -2.18. The molecular weight excluding hydrogens is 311 g/mol. The van der Waals surface area contributed by atoms with Crippen LogP contribution in [-0.4, -0.2) is 20.8 Å².